The molecule has 1 atom stereocenters. The van der Waals surface area contributed by atoms with Gasteiger partial charge in [0.05, 0.1) is 14.2 Å². The van der Waals surface area contributed by atoms with E-state index in [1.54, 1.807) is 12.1 Å². The number of aliphatic carboxylic acids is 1. The number of pyridine rings is 1. The van der Waals surface area contributed by atoms with E-state index < -0.39 is 5.97 Å². The minimum absolute atomic E-state index is 0.0317. The summed E-state index contributed by atoms with van der Waals surface area (Å²) >= 11 is 0. The average Bonchev–Trinajstić information content (AvgIpc) is 2.51. The van der Waals surface area contributed by atoms with Gasteiger partial charge in [-0.25, -0.2) is 0 Å². The molecular formula is C15H22N2O5. The second-order valence-corrected chi connectivity index (χ2v) is 4.82. The summed E-state index contributed by atoms with van der Waals surface area (Å²) in [6.45, 7) is 1.95. The number of hydrogen-bond acceptors (Lipinski definition) is 5. The van der Waals surface area contributed by atoms with Gasteiger partial charge in [0.15, 0.2) is 0 Å². The second kappa shape index (κ2) is 8.86. The lowest BCUT2D eigenvalue weighted by Gasteiger charge is -2.16. The van der Waals surface area contributed by atoms with E-state index in [-0.39, 0.29) is 24.1 Å². The molecule has 122 valence electrons. The summed E-state index contributed by atoms with van der Waals surface area (Å²) in [5, 5.41) is 11.5. The number of rotatable bonds is 9. The fourth-order valence-electron chi connectivity index (χ4n) is 2.08. The molecule has 0 bridgehead atoms. The van der Waals surface area contributed by atoms with Crippen LogP contribution in [0.2, 0.25) is 0 Å². The molecule has 0 saturated carbocycles. The van der Waals surface area contributed by atoms with Crippen molar-refractivity contribution in [2.45, 2.75) is 32.6 Å². The third kappa shape index (κ3) is 5.23. The van der Waals surface area contributed by atoms with Crippen LogP contribution in [0.15, 0.2) is 12.1 Å². The Kier molecular flexibility index (Phi) is 7.15. The van der Waals surface area contributed by atoms with Crippen molar-refractivity contribution in [1.29, 1.82) is 0 Å². The highest BCUT2D eigenvalue weighted by Crippen LogP contribution is 2.26. The van der Waals surface area contributed by atoms with Gasteiger partial charge in [-0.3, -0.25) is 9.59 Å². The SMILES string of the molecule is CCCC(CCC(=O)O)C(=O)Nc1ccc(OC)nc1OC. The Hall–Kier alpha value is -2.31. The molecular weight excluding hydrogens is 288 g/mol. The van der Waals surface area contributed by atoms with Crippen molar-refractivity contribution in [3.8, 4) is 11.8 Å². The molecule has 1 heterocycles. The number of carbonyl (C=O) groups is 2. The molecule has 1 amide bonds. The zero-order chi connectivity index (χ0) is 16.5. The maximum absolute atomic E-state index is 12.3. The third-order valence-corrected chi connectivity index (χ3v) is 3.21. The number of anilines is 1. The van der Waals surface area contributed by atoms with E-state index >= 15 is 0 Å². The van der Waals surface area contributed by atoms with Crippen LogP contribution in [-0.4, -0.2) is 36.2 Å². The summed E-state index contributed by atoms with van der Waals surface area (Å²) in [4.78, 5) is 27.1. The van der Waals surface area contributed by atoms with Gasteiger partial charge in [0, 0.05) is 18.4 Å². The van der Waals surface area contributed by atoms with Crippen molar-refractivity contribution in [1.82, 2.24) is 4.98 Å². The molecule has 22 heavy (non-hydrogen) atoms. The van der Waals surface area contributed by atoms with Crippen LogP contribution in [-0.2, 0) is 9.59 Å². The van der Waals surface area contributed by atoms with E-state index in [1.807, 2.05) is 6.92 Å². The van der Waals surface area contributed by atoms with Crippen molar-refractivity contribution in [2.24, 2.45) is 5.92 Å². The van der Waals surface area contributed by atoms with Crippen molar-refractivity contribution in [2.75, 3.05) is 19.5 Å². The molecule has 1 aromatic heterocycles. The second-order valence-electron chi connectivity index (χ2n) is 4.82. The first-order chi connectivity index (χ1) is 10.5. The zero-order valence-corrected chi connectivity index (χ0v) is 13.1. The number of ether oxygens (including phenoxy) is 2. The number of methoxy groups -OCH3 is 2. The van der Waals surface area contributed by atoms with Crippen LogP contribution in [0.3, 0.4) is 0 Å². The Labute approximate surface area is 129 Å². The molecule has 1 aromatic rings. The monoisotopic (exact) mass is 310 g/mol. The molecule has 0 aromatic carbocycles. The quantitative estimate of drug-likeness (QED) is 0.726. The molecule has 0 aliphatic heterocycles. The number of carbonyl (C=O) groups excluding carboxylic acids is 1. The van der Waals surface area contributed by atoms with Crippen molar-refractivity contribution >= 4 is 17.6 Å². The number of carboxylic acids is 1. The Morgan fingerprint density at radius 1 is 1.27 bits per heavy atom. The van der Waals surface area contributed by atoms with E-state index in [1.165, 1.54) is 14.2 Å². The highest BCUT2D eigenvalue weighted by molar-refractivity contribution is 5.93. The maximum atomic E-state index is 12.3. The lowest BCUT2D eigenvalue weighted by Crippen LogP contribution is -2.24. The lowest BCUT2D eigenvalue weighted by atomic mass is 9.97. The molecule has 0 saturated heterocycles. The standard InChI is InChI=1S/C15H22N2O5/c1-4-5-10(6-9-13(18)19)14(20)16-11-7-8-12(21-2)17-15(11)22-3/h7-8,10H,4-6,9H2,1-3H3,(H,16,20)(H,18,19). The van der Waals surface area contributed by atoms with E-state index in [9.17, 15) is 9.59 Å². The zero-order valence-electron chi connectivity index (χ0n) is 13.1. The van der Waals surface area contributed by atoms with E-state index in [4.69, 9.17) is 14.6 Å². The fraction of sp³-hybridized carbons (Fsp3) is 0.533. The summed E-state index contributed by atoms with van der Waals surface area (Å²) in [5.74, 6) is -0.856. The van der Waals surface area contributed by atoms with Crippen LogP contribution in [0.5, 0.6) is 11.8 Å². The smallest absolute Gasteiger partial charge is 0.303 e. The largest absolute Gasteiger partial charge is 0.481 e. The summed E-state index contributed by atoms with van der Waals surface area (Å²) in [5.41, 5.74) is 0.435. The van der Waals surface area contributed by atoms with Gasteiger partial charge in [0.2, 0.25) is 17.7 Å². The number of nitrogens with zero attached hydrogens (tertiary/aromatic N) is 1. The summed E-state index contributed by atoms with van der Waals surface area (Å²) in [6.07, 6.45) is 1.71. The predicted molar refractivity (Wildman–Crippen MR) is 81.2 cm³/mol. The highest BCUT2D eigenvalue weighted by atomic mass is 16.5. The first-order valence-electron chi connectivity index (χ1n) is 7.13. The van der Waals surface area contributed by atoms with Gasteiger partial charge in [-0.1, -0.05) is 13.3 Å². The van der Waals surface area contributed by atoms with Gasteiger partial charge < -0.3 is 19.9 Å². The first-order valence-corrected chi connectivity index (χ1v) is 7.13. The Bertz CT molecular complexity index is 519. The predicted octanol–water partition coefficient (Wildman–Crippen LogP) is 2.32. The minimum atomic E-state index is -0.905. The number of aromatic nitrogens is 1. The van der Waals surface area contributed by atoms with E-state index in [0.29, 0.717) is 24.4 Å². The molecule has 1 rings (SSSR count). The van der Waals surface area contributed by atoms with Crippen LogP contribution < -0.4 is 14.8 Å². The van der Waals surface area contributed by atoms with Gasteiger partial charge in [-0.2, -0.15) is 4.98 Å². The van der Waals surface area contributed by atoms with Crippen molar-refractivity contribution < 1.29 is 24.2 Å². The third-order valence-electron chi connectivity index (χ3n) is 3.21. The fourth-order valence-corrected chi connectivity index (χ4v) is 2.08. The van der Waals surface area contributed by atoms with Crippen LogP contribution >= 0.6 is 0 Å². The first kappa shape index (κ1) is 17.7. The topological polar surface area (TPSA) is 97.8 Å². The Balaban J connectivity index is 2.81. The van der Waals surface area contributed by atoms with Crippen molar-refractivity contribution in [3.63, 3.8) is 0 Å². The van der Waals surface area contributed by atoms with Gasteiger partial charge in [0.1, 0.15) is 5.69 Å². The lowest BCUT2D eigenvalue weighted by molar-refractivity contribution is -0.137. The molecule has 0 aliphatic rings. The number of hydrogen-bond donors (Lipinski definition) is 2. The van der Waals surface area contributed by atoms with E-state index in [0.717, 1.165) is 6.42 Å². The summed E-state index contributed by atoms with van der Waals surface area (Å²) < 4.78 is 10.1. The molecule has 0 radical (unpaired) electrons. The van der Waals surface area contributed by atoms with Gasteiger partial charge in [0.25, 0.3) is 0 Å². The Morgan fingerprint density at radius 3 is 2.55 bits per heavy atom. The molecule has 0 spiro atoms. The van der Waals surface area contributed by atoms with Gasteiger partial charge >= 0.3 is 5.97 Å². The van der Waals surface area contributed by atoms with Crippen molar-refractivity contribution in [3.05, 3.63) is 12.1 Å². The summed E-state index contributed by atoms with van der Waals surface area (Å²) in [6, 6.07) is 3.26. The maximum Gasteiger partial charge on any atom is 0.303 e. The number of carboxylic acid groups (broad SMARTS) is 1. The molecule has 1 unspecified atom stereocenters. The van der Waals surface area contributed by atoms with Gasteiger partial charge in [-0.05, 0) is 18.9 Å². The molecule has 0 aliphatic carbocycles. The summed E-state index contributed by atoms with van der Waals surface area (Å²) in [7, 11) is 2.94. The Morgan fingerprint density at radius 2 is 2.00 bits per heavy atom. The number of amides is 1. The average molecular weight is 310 g/mol. The van der Waals surface area contributed by atoms with Crippen LogP contribution in [0, 0.1) is 5.92 Å². The number of nitrogens with one attached hydrogen (secondary N) is 1. The van der Waals surface area contributed by atoms with Crippen LogP contribution in [0.1, 0.15) is 32.6 Å². The normalized spacial score (nSPS) is 11.6. The van der Waals surface area contributed by atoms with Crippen LogP contribution in [0.4, 0.5) is 5.69 Å². The van der Waals surface area contributed by atoms with Crippen LogP contribution in [0.25, 0.3) is 0 Å². The molecule has 7 nitrogen and oxygen atoms in total. The molecule has 7 heteroatoms. The molecule has 0 fully saturated rings. The van der Waals surface area contributed by atoms with Gasteiger partial charge in [-0.15, -0.1) is 0 Å². The minimum Gasteiger partial charge on any atom is -0.481 e. The highest BCUT2D eigenvalue weighted by Gasteiger charge is 2.20. The molecule has 2 N–H and O–H groups in total. The van der Waals surface area contributed by atoms with E-state index in [2.05, 4.69) is 10.3 Å².